The van der Waals surface area contributed by atoms with Crippen LogP contribution in [-0.2, 0) is 13.1 Å². The summed E-state index contributed by atoms with van der Waals surface area (Å²) in [6.45, 7) is 2.80. The number of piperidine rings is 1. The number of benzene rings is 3. The molecule has 0 spiro atoms. The van der Waals surface area contributed by atoms with Crippen molar-refractivity contribution in [3.63, 3.8) is 0 Å². The third-order valence-electron chi connectivity index (χ3n) is 7.28. The largest absolute Gasteiger partial charge is 0.478 e. The maximum atomic E-state index is 11.0. The maximum Gasteiger partial charge on any atom is 0.335 e. The summed E-state index contributed by atoms with van der Waals surface area (Å²) in [7, 11) is 0. The Bertz CT molecular complexity index is 1120. The fourth-order valence-electron chi connectivity index (χ4n) is 5.51. The number of nitrogens with zero attached hydrogens (tertiary/aromatic N) is 1. The molecular weight excluding hydrogens is 504 g/mol. The Morgan fingerprint density at radius 1 is 0.886 bits per heavy atom. The first-order chi connectivity index (χ1) is 17.0. The Kier molecular flexibility index (Phi) is 7.51. The van der Waals surface area contributed by atoms with E-state index in [1.54, 1.807) is 12.1 Å². The number of ether oxygens (including phenoxy) is 1. The molecule has 0 unspecified atom stereocenters. The number of aromatic carboxylic acids is 1. The SMILES string of the molecule is O=C(O)c1ccc(CNC[C@@H]2C[C@H]3CC[C@@H](C2)N3Cc2ccc(Oc3ccc(Br)cc3)cc2)cc1. The van der Waals surface area contributed by atoms with E-state index in [9.17, 15) is 4.79 Å². The first-order valence-corrected chi connectivity index (χ1v) is 13.1. The molecule has 2 bridgehead atoms. The van der Waals surface area contributed by atoms with Crippen LogP contribution in [0.5, 0.6) is 11.5 Å². The van der Waals surface area contributed by atoms with Crippen LogP contribution in [0, 0.1) is 5.92 Å². The van der Waals surface area contributed by atoms with E-state index < -0.39 is 5.97 Å². The molecule has 0 radical (unpaired) electrons. The first-order valence-electron chi connectivity index (χ1n) is 12.3. The monoisotopic (exact) mass is 534 g/mol. The number of hydrogen-bond acceptors (Lipinski definition) is 4. The zero-order chi connectivity index (χ0) is 24.2. The number of carboxylic acid groups (broad SMARTS) is 1. The second-order valence-corrected chi connectivity index (χ2v) is 10.6. The molecule has 2 heterocycles. The molecule has 3 aromatic rings. The lowest BCUT2D eigenvalue weighted by molar-refractivity contribution is 0.0697. The van der Waals surface area contributed by atoms with Crippen molar-refractivity contribution in [2.24, 2.45) is 5.92 Å². The Morgan fingerprint density at radius 2 is 1.46 bits per heavy atom. The fraction of sp³-hybridized carbons (Fsp3) is 0.345. The van der Waals surface area contributed by atoms with Crippen molar-refractivity contribution in [1.29, 1.82) is 0 Å². The highest BCUT2D eigenvalue weighted by Gasteiger charge is 2.40. The summed E-state index contributed by atoms with van der Waals surface area (Å²) >= 11 is 3.45. The van der Waals surface area contributed by atoms with Gasteiger partial charge in [-0.25, -0.2) is 4.79 Å². The van der Waals surface area contributed by atoms with Crippen LogP contribution in [0.4, 0.5) is 0 Å². The van der Waals surface area contributed by atoms with E-state index in [4.69, 9.17) is 9.84 Å². The Balaban J connectivity index is 1.09. The van der Waals surface area contributed by atoms with Gasteiger partial charge >= 0.3 is 5.97 Å². The van der Waals surface area contributed by atoms with Crippen LogP contribution >= 0.6 is 15.9 Å². The summed E-state index contributed by atoms with van der Waals surface area (Å²) in [6, 6.07) is 24.9. The molecule has 2 aliphatic rings. The summed E-state index contributed by atoms with van der Waals surface area (Å²) in [6.07, 6.45) is 5.07. The van der Waals surface area contributed by atoms with E-state index in [0.29, 0.717) is 23.6 Å². The number of carbonyl (C=O) groups is 1. The summed E-state index contributed by atoms with van der Waals surface area (Å²) in [5.41, 5.74) is 2.80. The molecule has 2 saturated heterocycles. The maximum absolute atomic E-state index is 11.0. The molecule has 3 atom stereocenters. The zero-order valence-electron chi connectivity index (χ0n) is 19.7. The quantitative estimate of drug-likeness (QED) is 0.329. The third-order valence-corrected chi connectivity index (χ3v) is 7.81. The van der Waals surface area contributed by atoms with Crippen LogP contribution in [0.1, 0.15) is 47.2 Å². The molecule has 6 heteroatoms. The van der Waals surface area contributed by atoms with Crippen molar-refractivity contribution in [3.8, 4) is 11.5 Å². The van der Waals surface area contributed by atoms with Crippen molar-refractivity contribution < 1.29 is 14.6 Å². The van der Waals surface area contributed by atoms with Gasteiger partial charge in [0, 0.05) is 29.6 Å². The molecule has 0 saturated carbocycles. The molecular formula is C29H31BrN2O3. The topological polar surface area (TPSA) is 61.8 Å². The van der Waals surface area contributed by atoms with Crippen molar-refractivity contribution >= 4 is 21.9 Å². The molecule has 182 valence electrons. The Morgan fingerprint density at radius 3 is 2.06 bits per heavy atom. The smallest absolute Gasteiger partial charge is 0.335 e. The number of carboxylic acids is 1. The van der Waals surface area contributed by atoms with Crippen LogP contribution in [0.25, 0.3) is 0 Å². The molecule has 3 aromatic carbocycles. The lowest BCUT2D eigenvalue weighted by Gasteiger charge is -2.39. The van der Waals surface area contributed by atoms with Gasteiger partial charge in [-0.05, 0) is 97.8 Å². The second kappa shape index (κ2) is 10.9. The predicted molar refractivity (Wildman–Crippen MR) is 141 cm³/mol. The highest BCUT2D eigenvalue weighted by atomic mass is 79.9. The van der Waals surface area contributed by atoms with E-state index in [0.717, 1.165) is 41.2 Å². The van der Waals surface area contributed by atoms with Crippen molar-refractivity contribution in [2.75, 3.05) is 6.54 Å². The van der Waals surface area contributed by atoms with E-state index in [2.05, 4.69) is 50.4 Å². The van der Waals surface area contributed by atoms with Crippen LogP contribution in [0.2, 0.25) is 0 Å². The Hall–Kier alpha value is -2.67. The number of rotatable bonds is 9. The van der Waals surface area contributed by atoms with Crippen LogP contribution in [0.3, 0.4) is 0 Å². The van der Waals surface area contributed by atoms with Crippen LogP contribution in [0.15, 0.2) is 77.3 Å². The van der Waals surface area contributed by atoms with E-state index in [1.807, 2.05) is 36.4 Å². The van der Waals surface area contributed by atoms with Crippen molar-refractivity contribution in [2.45, 2.75) is 50.9 Å². The minimum Gasteiger partial charge on any atom is -0.478 e. The molecule has 5 rings (SSSR count). The van der Waals surface area contributed by atoms with Crippen LogP contribution in [-0.4, -0.2) is 34.6 Å². The Labute approximate surface area is 215 Å². The average Bonchev–Trinajstić information content (AvgIpc) is 3.08. The van der Waals surface area contributed by atoms with E-state index in [1.165, 1.54) is 31.2 Å². The fourth-order valence-corrected chi connectivity index (χ4v) is 5.77. The zero-order valence-corrected chi connectivity index (χ0v) is 21.3. The minimum absolute atomic E-state index is 0.337. The van der Waals surface area contributed by atoms with Crippen LogP contribution < -0.4 is 10.1 Å². The molecule has 2 N–H and O–H groups in total. The second-order valence-electron chi connectivity index (χ2n) is 9.73. The van der Waals surface area contributed by atoms with Gasteiger partial charge in [0.1, 0.15) is 11.5 Å². The van der Waals surface area contributed by atoms with Gasteiger partial charge in [-0.15, -0.1) is 0 Å². The lowest BCUT2D eigenvalue weighted by Crippen LogP contribution is -2.44. The molecule has 0 amide bonds. The van der Waals surface area contributed by atoms with E-state index in [-0.39, 0.29) is 0 Å². The number of fused-ring (bicyclic) bond motifs is 2. The molecule has 35 heavy (non-hydrogen) atoms. The standard InChI is InChI=1S/C29H31BrN2O3/c30-24-7-13-28(14-8-24)35-27-11-3-21(4-12-27)19-32-25-9-10-26(32)16-22(15-25)18-31-17-20-1-5-23(6-2-20)29(33)34/h1-8,11-14,22,25-26,31H,9-10,15-19H2,(H,33,34)/t22-,25-,26+. The molecule has 0 aliphatic carbocycles. The van der Waals surface area contributed by atoms with Gasteiger partial charge < -0.3 is 15.2 Å². The highest BCUT2D eigenvalue weighted by molar-refractivity contribution is 9.10. The van der Waals surface area contributed by atoms with E-state index >= 15 is 0 Å². The normalized spacial score (nSPS) is 21.7. The van der Waals surface area contributed by atoms with Gasteiger partial charge in [0.25, 0.3) is 0 Å². The third kappa shape index (κ3) is 6.13. The first kappa shape index (κ1) is 24.0. The molecule has 0 aromatic heterocycles. The minimum atomic E-state index is -0.878. The summed E-state index contributed by atoms with van der Waals surface area (Å²) in [5, 5.41) is 12.6. The summed E-state index contributed by atoms with van der Waals surface area (Å²) < 4.78 is 7.01. The van der Waals surface area contributed by atoms with Crippen molar-refractivity contribution in [3.05, 3.63) is 94.0 Å². The van der Waals surface area contributed by atoms with Gasteiger partial charge in [0.15, 0.2) is 0 Å². The molecule has 5 nitrogen and oxygen atoms in total. The summed E-state index contributed by atoms with van der Waals surface area (Å²) in [4.78, 5) is 13.7. The van der Waals surface area contributed by atoms with Gasteiger partial charge in [0.05, 0.1) is 5.56 Å². The molecule has 2 aliphatic heterocycles. The number of halogens is 1. The summed E-state index contributed by atoms with van der Waals surface area (Å²) in [5.74, 6) is 1.52. The van der Waals surface area contributed by atoms with Gasteiger partial charge in [-0.3, -0.25) is 4.90 Å². The predicted octanol–water partition coefficient (Wildman–Crippen LogP) is 6.47. The average molecular weight is 535 g/mol. The number of nitrogens with one attached hydrogen (secondary N) is 1. The lowest BCUT2D eigenvalue weighted by atomic mass is 9.90. The van der Waals surface area contributed by atoms with Gasteiger partial charge in [-0.2, -0.15) is 0 Å². The number of hydrogen-bond donors (Lipinski definition) is 2. The molecule has 2 fully saturated rings. The van der Waals surface area contributed by atoms with Crippen molar-refractivity contribution in [1.82, 2.24) is 10.2 Å². The van der Waals surface area contributed by atoms with Gasteiger partial charge in [0.2, 0.25) is 0 Å². The van der Waals surface area contributed by atoms with Gasteiger partial charge in [-0.1, -0.05) is 40.2 Å². The highest BCUT2D eigenvalue weighted by Crippen LogP contribution is 2.39.